The van der Waals surface area contributed by atoms with Crippen molar-refractivity contribution in [1.29, 1.82) is 0 Å². The molecule has 0 bridgehead atoms. The molecular weight excluding hydrogens is 95.0 g/mol. The van der Waals surface area contributed by atoms with E-state index in [1.807, 2.05) is 17.7 Å². The molecule has 0 amide bonds. The number of Topliss-reactive ketones (excluding diaryl/α,β-unsaturated/α-hetero) is 1. The van der Waals surface area contributed by atoms with E-state index in [1.54, 1.807) is 0 Å². The maximum absolute atomic E-state index is 10.8. The second-order valence-corrected chi connectivity index (χ2v) is 2.61. The summed E-state index contributed by atoms with van der Waals surface area (Å²) in [5.41, 5.74) is 0. The van der Waals surface area contributed by atoms with Crippen molar-refractivity contribution in [2.24, 2.45) is 0 Å². The van der Waals surface area contributed by atoms with Crippen molar-refractivity contribution in [2.45, 2.75) is 30.3 Å². The fraction of sp³-hybridized carbons (Fsp3) is 0.833. The van der Waals surface area contributed by atoms with Crippen molar-refractivity contribution in [3.63, 3.8) is 0 Å². The second-order valence-electron chi connectivity index (χ2n) is 2.61. The normalized spacial score (nSPS) is 30.8. The summed E-state index contributed by atoms with van der Waals surface area (Å²) in [6.45, 7) is 0. The maximum atomic E-state index is 10.8. The zero-order valence-electron chi connectivity index (χ0n) is 5.31. The molecule has 1 rings (SSSR count). The molecule has 0 heterocycles. The van der Waals surface area contributed by atoms with Crippen molar-refractivity contribution in [3.05, 3.63) is 0 Å². The van der Waals surface area contributed by atoms with Gasteiger partial charge in [0.1, 0.15) is 0 Å². The Morgan fingerprint density at radius 1 is 1.50 bits per heavy atom. The minimum atomic E-state index is 0.365. The van der Waals surface area contributed by atoms with Crippen molar-refractivity contribution in [3.8, 4) is 0 Å². The van der Waals surface area contributed by atoms with Gasteiger partial charge in [-0.25, -0.2) is 0 Å². The third kappa shape index (κ3) is 1.37. The van der Waals surface area contributed by atoms with Crippen LogP contribution in [0.25, 0.3) is 0 Å². The Hall–Kier alpha value is 0.267. The number of ketones is 1. The zero-order chi connectivity index (χ0) is 5.98. The molecule has 1 atom stereocenters. The van der Waals surface area contributed by atoms with Crippen LogP contribution in [0.2, 0.25) is 4.59 Å². The van der Waals surface area contributed by atoms with E-state index >= 15 is 0 Å². The fourth-order valence-electron chi connectivity index (χ4n) is 1.16. The quantitative estimate of drug-likeness (QED) is 0.420. The van der Waals surface area contributed by atoms with Crippen LogP contribution < -0.4 is 0 Å². The van der Waals surface area contributed by atoms with Gasteiger partial charge in [0.15, 0.2) is 0 Å². The first-order chi connectivity index (χ1) is 3.80. The molecule has 1 aliphatic rings. The van der Waals surface area contributed by atoms with E-state index in [2.05, 4.69) is 0 Å². The van der Waals surface area contributed by atoms with E-state index in [4.69, 9.17) is 0 Å². The first-order valence-corrected chi connectivity index (χ1v) is 3.33. The number of carbonyl (C=O) groups excluding carboxylic acids is 1. The zero-order valence-corrected chi connectivity index (χ0v) is 5.31. The van der Waals surface area contributed by atoms with Crippen LogP contribution in [-0.2, 0) is 4.79 Å². The van der Waals surface area contributed by atoms with Crippen molar-refractivity contribution >= 4 is 23.5 Å². The van der Waals surface area contributed by atoms with Crippen LogP contribution in [0.15, 0.2) is 0 Å². The van der Waals surface area contributed by atoms with E-state index in [0.717, 1.165) is 19.3 Å². The Balaban J connectivity index is 2.39. The van der Waals surface area contributed by atoms with Crippen LogP contribution in [0.4, 0.5) is 0 Å². The van der Waals surface area contributed by atoms with Gasteiger partial charge in [-0.15, -0.1) is 0 Å². The van der Waals surface area contributed by atoms with Gasteiger partial charge in [0.05, 0.1) is 0 Å². The molecule has 1 unspecified atom stereocenters. The van der Waals surface area contributed by atoms with Gasteiger partial charge in [0.2, 0.25) is 0 Å². The molecule has 0 N–H and O–H groups in total. The predicted octanol–water partition coefficient (Wildman–Crippen LogP) is 1.09. The Labute approximate surface area is 59.0 Å². The van der Waals surface area contributed by atoms with Gasteiger partial charge in [-0.2, -0.15) is 0 Å². The molecule has 2 heteroatoms. The molecule has 8 heavy (non-hydrogen) atoms. The van der Waals surface area contributed by atoms with Crippen LogP contribution >= 0.6 is 0 Å². The van der Waals surface area contributed by atoms with Gasteiger partial charge in [-0.05, 0) is 0 Å². The van der Waals surface area contributed by atoms with Crippen LogP contribution in [0, 0.1) is 0 Å². The van der Waals surface area contributed by atoms with Gasteiger partial charge in [-0.3, -0.25) is 0 Å². The molecule has 1 saturated carbocycles. The van der Waals surface area contributed by atoms with E-state index < -0.39 is 0 Å². The van der Waals surface area contributed by atoms with E-state index in [0.29, 0.717) is 10.4 Å². The molecule has 1 nitrogen and oxygen atoms in total. The van der Waals surface area contributed by atoms with Gasteiger partial charge < -0.3 is 0 Å². The molecule has 0 aromatic heterocycles. The monoisotopic (exact) mass is 104 g/mol. The van der Waals surface area contributed by atoms with Gasteiger partial charge in [0.25, 0.3) is 0 Å². The molecule has 0 spiro atoms. The number of rotatable bonds is 0. The molecule has 0 aromatic carbocycles. The average Bonchev–Trinajstić information content (AvgIpc) is 1.77. The Morgan fingerprint density at radius 2 is 2.25 bits per heavy atom. The van der Waals surface area contributed by atoms with Crippen molar-refractivity contribution in [1.82, 2.24) is 0 Å². The van der Waals surface area contributed by atoms with E-state index in [-0.39, 0.29) is 0 Å². The summed E-state index contributed by atoms with van der Waals surface area (Å²) in [7, 11) is 0. The molecule has 0 aliphatic heterocycles. The molecule has 0 radical (unpaired) electrons. The molecule has 40 valence electrons. The molecular formula is C6H9LiO. The number of carbonyl (C=O) groups is 1. The summed E-state index contributed by atoms with van der Waals surface area (Å²) in [6, 6.07) is 0. The number of hydrogen-bond acceptors (Lipinski definition) is 1. The standard InChI is InChI=1S/C6H9O.Li/c7-6-4-2-1-3-5-6;/h4H,1-3,5H2;. The fourth-order valence-corrected chi connectivity index (χ4v) is 1.16. The van der Waals surface area contributed by atoms with Gasteiger partial charge in [0, 0.05) is 0 Å². The minimum absolute atomic E-state index is 0.365. The summed E-state index contributed by atoms with van der Waals surface area (Å²) in [6.07, 6.45) is 4.34. The van der Waals surface area contributed by atoms with Crippen LogP contribution in [0.1, 0.15) is 25.7 Å². The SMILES string of the molecule is [Li][CH]1CCCCC1=O. The van der Waals surface area contributed by atoms with Gasteiger partial charge >= 0.3 is 58.6 Å². The summed E-state index contributed by atoms with van der Waals surface area (Å²) >= 11 is 2.03. The molecule has 0 saturated heterocycles. The Bertz CT molecular complexity index is 101. The second kappa shape index (κ2) is 2.71. The van der Waals surface area contributed by atoms with E-state index in [9.17, 15) is 4.79 Å². The van der Waals surface area contributed by atoms with Crippen molar-refractivity contribution < 1.29 is 4.79 Å². The van der Waals surface area contributed by atoms with Crippen molar-refractivity contribution in [2.75, 3.05) is 0 Å². The third-order valence-electron chi connectivity index (χ3n) is 1.86. The molecule has 1 aliphatic carbocycles. The first-order valence-electron chi connectivity index (χ1n) is 3.33. The van der Waals surface area contributed by atoms with Crippen LogP contribution in [-0.4, -0.2) is 23.5 Å². The summed E-state index contributed by atoms with van der Waals surface area (Å²) in [5, 5.41) is 0. The summed E-state index contributed by atoms with van der Waals surface area (Å²) in [5.74, 6) is 0.469. The summed E-state index contributed by atoms with van der Waals surface area (Å²) in [4.78, 5) is 10.8. The summed E-state index contributed by atoms with van der Waals surface area (Å²) < 4.78 is 0.365. The third-order valence-corrected chi connectivity index (χ3v) is 1.86. The average molecular weight is 104 g/mol. The Morgan fingerprint density at radius 3 is 2.62 bits per heavy atom. The predicted molar refractivity (Wildman–Crippen MR) is 33.0 cm³/mol. The van der Waals surface area contributed by atoms with Gasteiger partial charge in [-0.1, -0.05) is 0 Å². The topological polar surface area (TPSA) is 17.1 Å². The van der Waals surface area contributed by atoms with Crippen LogP contribution in [0.3, 0.4) is 0 Å². The van der Waals surface area contributed by atoms with Crippen LogP contribution in [0.5, 0.6) is 0 Å². The Kier molecular flexibility index (Phi) is 2.16. The molecule has 1 fully saturated rings. The number of hydrogen-bond donors (Lipinski definition) is 0. The molecule has 0 aromatic rings. The van der Waals surface area contributed by atoms with E-state index in [1.165, 1.54) is 6.42 Å². The first kappa shape index (κ1) is 6.39.